The molecule has 3 aromatic rings. The molecule has 5 nitrogen and oxygen atoms in total. The van der Waals surface area contributed by atoms with Crippen molar-refractivity contribution in [1.29, 1.82) is 0 Å². The highest BCUT2D eigenvalue weighted by atomic mass is 32.1. The number of hydrogen-bond donors (Lipinski definition) is 2. The zero-order valence-electron chi connectivity index (χ0n) is 15.4. The number of hydrogen-bond acceptors (Lipinski definition) is 4. The van der Waals surface area contributed by atoms with E-state index in [2.05, 4.69) is 28.5 Å². The van der Waals surface area contributed by atoms with Gasteiger partial charge in [0, 0.05) is 12.1 Å². The number of amides is 1. The molecule has 6 heteroatoms. The van der Waals surface area contributed by atoms with Crippen molar-refractivity contribution in [2.24, 2.45) is 0 Å². The number of rotatable bonds is 5. The summed E-state index contributed by atoms with van der Waals surface area (Å²) in [5.41, 5.74) is 3.09. The Hall–Kier alpha value is -2.28. The van der Waals surface area contributed by atoms with E-state index in [1.54, 1.807) is 11.3 Å². The Labute approximate surface area is 163 Å². The van der Waals surface area contributed by atoms with Gasteiger partial charge in [-0.15, -0.1) is 11.3 Å². The molecule has 4 rings (SSSR count). The largest absolute Gasteiger partial charge is 0.370 e. The fourth-order valence-corrected chi connectivity index (χ4v) is 4.38. The molecule has 0 unspecified atom stereocenters. The van der Waals surface area contributed by atoms with Crippen molar-refractivity contribution in [2.45, 2.75) is 19.4 Å². The third kappa shape index (κ3) is 4.35. The first-order chi connectivity index (χ1) is 13.2. The molecule has 1 fully saturated rings. The second kappa shape index (κ2) is 8.17. The van der Waals surface area contributed by atoms with E-state index in [0.29, 0.717) is 0 Å². The number of anilines is 1. The molecule has 1 atom stereocenters. The molecule has 1 aliphatic heterocycles. The summed E-state index contributed by atoms with van der Waals surface area (Å²) in [6.07, 6.45) is 0.807. The highest BCUT2D eigenvalue weighted by molar-refractivity contribution is 7.18. The van der Waals surface area contributed by atoms with Crippen LogP contribution in [0.15, 0.2) is 48.5 Å². The van der Waals surface area contributed by atoms with Crippen LogP contribution in [-0.2, 0) is 16.0 Å². The van der Waals surface area contributed by atoms with Gasteiger partial charge in [0.25, 0.3) is 5.91 Å². The van der Waals surface area contributed by atoms with Crippen molar-refractivity contribution in [1.82, 2.24) is 4.98 Å². The third-order valence-corrected chi connectivity index (χ3v) is 6.09. The molecular formula is C21H24N3O2S+. The van der Waals surface area contributed by atoms with Crippen LogP contribution in [0.4, 0.5) is 5.69 Å². The maximum atomic E-state index is 12.5. The Morgan fingerprint density at radius 3 is 2.67 bits per heavy atom. The maximum Gasteiger partial charge on any atom is 0.282 e. The minimum absolute atomic E-state index is 0.0609. The molecule has 2 N–H and O–H groups in total. The standard InChI is InChI=1S/C21H23N3O2S/c1-15(24-10-12-26-13-11-24)21(25)22-17-8-6-16(7-9-17)14-20-23-18-4-2-3-5-19(18)27-20/h2-9,15H,10-14H2,1H3,(H,22,25)/p+1/t15-/m0/s1. The van der Waals surface area contributed by atoms with Crippen LogP contribution in [0.3, 0.4) is 0 Å². The first-order valence-corrected chi connectivity index (χ1v) is 10.2. The fraction of sp³-hybridized carbons (Fsp3) is 0.333. The number of quaternary nitrogens is 1. The van der Waals surface area contributed by atoms with Crippen LogP contribution in [0.2, 0.25) is 0 Å². The second-order valence-corrected chi connectivity index (χ2v) is 8.05. The van der Waals surface area contributed by atoms with Gasteiger partial charge in [-0.1, -0.05) is 24.3 Å². The average Bonchev–Trinajstić information content (AvgIpc) is 3.12. The molecule has 1 aromatic heterocycles. The molecule has 1 amide bonds. The highest BCUT2D eigenvalue weighted by Crippen LogP contribution is 2.24. The van der Waals surface area contributed by atoms with Crippen LogP contribution in [0, 0.1) is 0 Å². The van der Waals surface area contributed by atoms with Crippen LogP contribution >= 0.6 is 11.3 Å². The average molecular weight is 383 g/mol. The molecule has 140 valence electrons. The smallest absolute Gasteiger partial charge is 0.282 e. The van der Waals surface area contributed by atoms with Gasteiger partial charge >= 0.3 is 0 Å². The number of para-hydroxylation sites is 1. The number of carbonyl (C=O) groups excluding carboxylic acids is 1. The van der Waals surface area contributed by atoms with Crippen LogP contribution in [-0.4, -0.2) is 43.2 Å². The summed E-state index contributed by atoms with van der Waals surface area (Å²) in [5.74, 6) is 0.0609. The lowest BCUT2D eigenvalue weighted by Gasteiger charge is -2.28. The molecule has 0 bridgehead atoms. The molecule has 2 aromatic carbocycles. The van der Waals surface area contributed by atoms with Crippen molar-refractivity contribution < 1.29 is 14.4 Å². The first-order valence-electron chi connectivity index (χ1n) is 9.35. The maximum absolute atomic E-state index is 12.5. The fourth-order valence-electron chi connectivity index (χ4n) is 3.38. The summed E-state index contributed by atoms with van der Waals surface area (Å²) in [7, 11) is 0. The molecule has 27 heavy (non-hydrogen) atoms. The topological polar surface area (TPSA) is 55.7 Å². The number of carbonyl (C=O) groups is 1. The number of thiazole rings is 1. The van der Waals surface area contributed by atoms with E-state index in [0.717, 1.165) is 48.9 Å². The molecule has 1 saturated heterocycles. The molecular weight excluding hydrogens is 358 g/mol. The number of fused-ring (bicyclic) bond motifs is 1. The van der Waals surface area contributed by atoms with Crippen LogP contribution in [0.25, 0.3) is 10.2 Å². The number of aromatic nitrogens is 1. The van der Waals surface area contributed by atoms with Crippen molar-refractivity contribution in [2.75, 3.05) is 31.6 Å². The van der Waals surface area contributed by atoms with Crippen molar-refractivity contribution in [3.8, 4) is 0 Å². The van der Waals surface area contributed by atoms with Crippen LogP contribution in [0.1, 0.15) is 17.5 Å². The van der Waals surface area contributed by atoms with Gasteiger partial charge in [0.2, 0.25) is 0 Å². The summed E-state index contributed by atoms with van der Waals surface area (Å²) in [6.45, 7) is 5.21. The first kappa shape index (κ1) is 18.1. The molecule has 0 saturated carbocycles. The Balaban J connectivity index is 1.37. The highest BCUT2D eigenvalue weighted by Gasteiger charge is 2.26. The number of morpholine rings is 1. The summed E-state index contributed by atoms with van der Waals surface area (Å²) >= 11 is 1.73. The zero-order valence-corrected chi connectivity index (χ0v) is 16.2. The lowest BCUT2D eigenvalue weighted by atomic mass is 10.1. The predicted octanol–water partition coefficient (Wildman–Crippen LogP) is 2.13. The minimum Gasteiger partial charge on any atom is -0.370 e. The van der Waals surface area contributed by atoms with Gasteiger partial charge < -0.3 is 15.0 Å². The van der Waals surface area contributed by atoms with Gasteiger partial charge in [0.05, 0.1) is 28.4 Å². The zero-order chi connectivity index (χ0) is 18.6. The van der Waals surface area contributed by atoms with Gasteiger partial charge in [0.1, 0.15) is 13.1 Å². The van der Waals surface area contributed by atoms with Gasteiger partial charge in [0.15, 0.2) is 6.04 Å². The lowest BCUT2D eigenvalue weighted by Crippen LogP contribution is -3.18. The van der Waals surface area contributed by atoms with Crippen molar-refractivity contribution >= 4 is 33.1 Å². The van der Waals surface area contributed by atoms with Gasteiger partial charge in [-0.2, -0.15) is 0 Å². The molecule has 0 spiro atoms. The SMILES string of the molecule is C[C@@H](C(=O)Nc1ccc(Cc2nc3ccccc3s2)cc1)[NH+]1CCOCC1. The van der Waals surface area contributed by atoms with E-state index in [9.17, 15) is 4.79 Å². The third-order valence-electron chi connectivity index (χ3n) is 5.06. The van der Waals surface area contributed by atoms with Gasteiger partial charge in [-0.05, 0) is 36.8 Å². The van der Waals surface area contributed by atoms with Gasteiger partial charge in [-0.25, -0.2) is 4.98 Å². The molecule has 0 aliphatic carbocycles. The van der Waals surface area contributed by atoms with Crippen LogP contribution in [0.5, 0.6) is 0 Å². The minimum atomic E-state index is -0.0728. The molecule has 1 aliphatic rings. The molecule has 0 radical (unpaired) electrons. The van der Waals surface area contributed by atoms with E-state index >= 15 is 0 Å². The predicted molar refractivity (Wildman–Crippen MR) is 108 cm³/mol. The number of ether oxygens (including phenoxy) is 1. The summed E-state index contributed by atoms with van der Waals surface area (Å²) < 4.78 is 6.59. The Morgan fingerprint density at radius 2 is 1.93 bits per heavy atom. The lowest BCUT2D eigenvalue weighted by molar-refractivity contribution is -0.921. The normalized spacial score (nSPS) is 16.3. The summed E-state index contributed by atoms with van der Waals surface area (Å²) in [6, 6.07) is 16.2. The Morgan fingerprint density at radius 1 is 1.19 bits per heavy atom. The summed E-state index contributed by atoms with van der Waals surface area (Å²) in [4.78, 5) is 18.5. The monoisotopic (exact) mass is 382 g/mol. The van der Waals surface area contributed by atoms with E-state index in [1.807, 2.05) is 37.3 Å². The quantitative estimate of drug-likeness (QED) is 0.711. The van der Waals surface area contributed by atoms with Crippen molar-refractivity contribution in [3.05, 3.63) is 59.1 Å². The van der Waals surface area contributed by atoms with Gasteiger partial charge in [-0.3, -0.25) is 4.79 Å². The van der Waals surface area contributed by atoms with E-state index in [-0.39, 0.29) is 11.9 Å². The second-order valence-electron chi connectivity index (χ2n) is 6.93. The van der Waals surface area contributed by atoms with E-state index < -0.39 is 0 Å². The molecule has 2 heterocycles. The van der Waals surface area contributed by atoms with E-state index in [1.165, 1.54) is 15.2 Å². The number of benzene rings is 2. The number of nitrogens with one attached hydrogen (secondary N) is 2. The Kier molecular flexibility index (Phi) is 5.48. The van der Waals surface area contributed by atoms with Crippen LogP contribution < -0.4 is 10.2 Å². The Bertz CT molecular complexity index is 884. The summed E-state index contributed by atoms with van der Waals surface area (Å²) in [5, 5.41) is 4.15. The van der Waals surface area contributed by atoms with E-state index in [4.69, 9.17) is 4.74 Å². The number of nitrogens with zero attached hydrogens (tertiary/aromatic N) is 1. The van der Waals surface area contributed by atoms with Crippen molar-refractivity contribution in [3.63, 3.8) is 0 Å².